The van der Waals surface area contributed by atoms with Crippen molar-refractivity contribution in [3.8, 4) is 5.75 Å². The fourth-order valence-electron chi connectivity index (χ4n) is 4.07. The van der Waals surface area contributed by atoms with E-state index in [1.54, 1.807) is 7.11 Å². The number of nitrogens with zero attached hydrogens (tertiary/aromatic N) is 1. The molecule has 138 valence electrons. The average molecular weight is 370 g/mol. The lowest BCUT2D eigenvalue weighted by molar-refractivity contribution is -0.139. The van der Waals surface area contributed by atoms with Crippen LogP contribution in [-0.2, 0) is 15.2 Å². The number of fused-ring (bicyclic) bond motifs is 2. The highest BCUT2D eigenvalue weighted by molar-refractivity contribution is 6.15. The lowest BCUT2D eigenvalue weighted by Gasteiger charge is -2.28. The fourth-order valence-corrected chi connectivity index (χ4v) is 4.07. The molecule has 2 heterocycles. The maximum absolute atomic E-state index is 13.2. The second kappa shape index (κ2) is 6.23. The summed E-state index contributed by atoms with van der Waals surface area (Å²) in [6, 6.07) is 25.2. The van der Waals surface area contributed by atoms with Gasteiger partial charge in [-0.3, -0.25) is 4.79 Å². The van der Waals surface area contributed by atoms with E-state index in [0.717, 1.165) is 33.8 Å². The van der Waals surface area contributed by atoms with E-state index in [1.807, 2.05) is 78.9 Å². The first kappa shape index (κ1) is 16.6. The summed E-state index contributed by atoms with van der Waals surface area (Å²) in [6.45, 7) is 0. The van der Waals surface area contributed by atoms with Crippen LogP contribution in [0.3, 0.4) is 0 Å². The van der Waals surface area contributed by atoms with Crippen LogP contribution in [0.1, 0.15) is 22.6 Å². The van der Waals surface area contributed by atoms with Crippen LogP contribution in [-0.4, -0.2) is 18.7 Å². The molecule has 3 aromatic carbocycles. The van der Waals surface area contributed by atoms with Crippen LogP contribution >= 0.6 is 0 Å². The molecule has 3 aromatic rings. The third-order valence-electron chi connectivity index (χ3n) is 5.40. The maximum atomic E-state index is 13.2. The molecular weight excluding hydrogens is 352 g/mol. The van der Waals surface area contributed by atoms with Crippen molar-refractivity contribution in [2.45, 2.75) is 11.5 Å². The molecule has 0 aliphatic carbocycles. The van der Waals surface area contributed by atoms with E-state index in [2.05, 4.69) is 10.5 Å². The Morgan fingerprint density at radius 3 is 2.43 bits per heavy atom. The van der Waals surface area contributed by atoms with Gasteiger partial charge in [0.25, 0.3) is 11.5 Å². The summed E-state index contributed by atoms with van der Waals surface area (Å²) in [5.74, 6) is 0.167. The predicted octanol–water partition coefficient (Wildman–Crippen LogP) is 4.06. The highest BCUT2D eigenvalue weighted by atomic mass is 16.7. The zero-order valence-corrected chi connectivity index (χ0v) is 15.3. The minimum Gasteiger partial charge on any atom is -0.497 e. The highest BCUT2D eigenvalue weighted by Crippen LogP contribution is 2.52. The summed E-state index contributed by atoms with van der Waals surface area (Å²) in [5, 5.41) is 7.38. The fraction of sp³-hybridized carbons (Fsp3) is 0.130. The van der Waals surface area contributed by atoms with E-state index >= 15 is 0 Å². The first-order valence-electron chi connectivity index (χ1n) is 9.10. The number of hydrogen-bond acceptors (Lipinski definition) is 4. The Kier molecular flexibility index (Phi) is 3.69. The zero-order chi connectivity index (χ0) is 19.1. The van der Waals surface area contributed by atoms with Crippen LogP contribution in [0.4, 0.5) is 5.69 Å². The van der Waals surface area contributed by atoms with Crippen LogP contribution in [0.5, 0.6) is 5.75 Å². The number of nitrogens with one attached hydrogen (secondary N) is 1. The van der Waals surface area contributed by atoms with Crippen molar-refractivity contribution < 1.29 is 14.4 Å². The lowest BCUT2D eigenvalue weighted by Crippen LogP contribution is -2.41. The molecule has 0 saturated heterocycles. The molecule has 0 radical (unpaired) electrons. The Morgan fingerprint density at radius 1 is 0.964 bits per heavy atom. The summed E-state index contributed by atoms with van der Waals surface area (Å²) in [7, 11) is 1.63. The largest absolute Gasteiger partial charge is 0.497 e. The molecule has 0 saturated carbocycles. The van der Waals surface area contributed by atoms with Crippen molar-refractivity contribution in [2.75, 3.05) is 12.4 Å². The maximum Gasteiger partial charge on any atom is 0.277 e. The first-order chi connectivity index (χ1) is 13.7. The second-order valence-corrected chi connectivity index (χ2v) is 6.88. The van der Waals surface area contributed by atoms with Gasteiger partial charge in [-0.2, -0.15) is 0 Å². The molecule has 1 spiro atoms. The first-order valence-corrected chi connectivity index (χ1v) is 9.10. The molecule has 5 nitrogen and oxygen atoms in total. The van der Waals surface area contributed by atoms with Gasteiger partial charge < -0.3 is 14.9 Å². The van der Waals surface area contributed by atoms with Crippen LogP contribution in [0.25, 0.3) is 0 Å². The molecule has 2 aliphatic heterocycles. The van der Waals surface area contributed by atoms with Gasteiger partial charge in [-0.15, -0.1) is 0 Å². The number of anilines is 1. The summed E-state index contributed by atoms with van der Waals surface area (Å²) in [6.07, 6.45) is 0. The normalized spacial score (nSPS) is 22.4. The number of oxime groups is 1. The molecule has 5 rings (SSSR count). The molecular formula is C23H18N2O3. The van der Waals surface area contributed by atoms with Crippen LogP contribution in [0.2, 0.25) is 0 Å². The minimum absolute atomic E-state index is 0.204. The van der Waals surface area contributed by atoms with E-state index in [9.17, 15) is 4.79 Å². The number of methoxy groups -OCH3 is 1. The monoisotopic (exact) mass is 370 g/mol. The van der Waals surface area contributed by atoms with Gasteiger partial charge in [0.1, 0.15) is 5.75 Å². The van der Waals surface area contributed by atoms with Crippen molar-refractivity contribution in [3.05, 3.63) is 95.6 Å². The van der Waals surface area contributed by atoms with Crippen molar-refractivity contribution >= 4 is 17.3 Å². The van der Waals surface area contributed by atoms with E-state index in [0.29, 0.717) is 0 Å². The molecule has 1 amide bonds. The van der Waals surface area contributed by atoms with Gasteiger partial charge >= 0.3 is 0 Å². The number of benzene rings is 3. The molecule has 5 heteroatoms. The Morgan fingerprint density at radius 2 is 1.68 bits per heavy atom. The van der Waals surface area contributed by atoms with Gasteiger partial charge in [-0.25, -0.2) is 0 Å². The van der Waals surface area contributed by atoms with Crippen molar-refractivity contribution in [3.63, 3.8) is 0 Å². The molecule has 28 heavy (non-hydrogen) atoms. The number of carbonyl (C=O) groups excluding carboxylic acids is 1. The number of hydrogen-bond donors (Lipinski definition) is 1. The van der Waals surface area contributed by atoms with E-state index in [4.69, 9.17) is 9.57 Å². The van der Waals surface area contributed by atoms with E-state index in [1.165, 1.54) is 0 Å². The Labute approximate surface area is 162 Å². The second-order valence-electron chi connectivity index (χ2n) is 6.88. The molecule has 0 unspecified atom stereocenters. The molecule has 2 aliphatic rings. The molecule has 0 aromatic heterocycles. The van der Waals surface area contributed by atoms with Gasteiger partial charge in [-0.1, -0.05) is 65.8 Å². The van der Waals surface area contributed by atoms with E-state index in [-0.39, 0.29) is 11.8 Å². The molecule has 1 N–H and O–H groups in total. The highest BCUT2D eigenvalue weighted by Gasteiger charge is 2.61. The Hall–Kier alpha value is -3.60. The third-order valence-corrected chi connectivity index (χ3v) is 5.40. The van der Waals surface area contributed by atoms with Gasteiger partial charge in [0.05, 0.1) is 18.7 Å². The SMILES string of the molecule is COc1ccc([C@H]2C(c3ccccc3)=NO[C@]23C(=O)Nc2ccccc23)cc1. The smallest absolute Gasteiger partial charge is 0.277 e. The summed E-state index contributed by atoms with van der Waals surface area (Å²) < 4.78 is 5.30. The summed E-state index contributed by atoms with van der Waals surface area (Å²) >= 11 is 0. The van der Waals surface area contributed by atoms with E-state index < -0.39 is 5.60 Å². The summed E-state index contributed by atoms with van der Waals surface area (Å²) in [4.78, 5) is 19.2. The standard InChI is InChI=1S/C23H18N2O3/c1-27-17-13-11-15(12-14-17)20-21(16-7-3-2-4-8-16)25-28-23(20)18-9-5-6-10-19(18)24-22(23)26/h2-14,20H,1H3,(H,24,26)/t20-,23-/m0/s1. The quantitative estimate of drug-likeness (QED) is 0.756. The lowest BCUT2D eigenvalue weighted by atomic mass is 9.74. The number of amides is 1. The van der Waals surface area contributed by atoms with Crippen LogP contribution < -0.4 is 10.1 Å². The Bertz CT molecular complexity index is 1080. The molecule has 0 bridgehead atoms. The summed E-state index contributed by atoms with van der Waals surface area (Å²) in [5.41, 5.74) is 2.94. The number of carbonyl (C=O) groups is 1. The van der Waals surface area contributed by atoms with Gasteiger partial charge in [-0.05, 0) is 23.8 Å². The average Bonchev–Trinajstić information content (AvgIpc) is 3.28. The van der Waals surface area contributed by atoms with Gasteiger partial charge in [0, 0.05) is 16.8 Å². The topological polar surface area (TPSA) is 59.9 Å². The van der Waals surface area contributed by atoms with Gasteiger partial charge in [0.15, 0.2) is 0 Å². The molecule has 0 fully saturated rings. The van der Waals surface area contributed by atoms with Crippen molar-refractivity contribution in [1.29, 1.82) is 0 Å². The van der Waals surface area contributed by atoms with Gasteiger partial charge in [0.2, 0.25) is 0 Å². The van der Waals surface area contributed by atoms with Crippen molar-refractivity contribution in [2.24, 2.45) is 5.16 Å². The number of ether oxygens (including phenoxy) is 1. The molecule has 2 atom stereocenters. The third kappa shape index (κ3) is 2.26. The number of rotatable bonds is 3. The minimum atomic E-state index is -1.23. The van der Waals surface area contributed by atoms with Crippen molar-refractivity contribution in [1.82, 2.24) is 0 Å². The van der Waals surface area contributed by atoms with Crippen LogP contribution in [0.15, 0.2) is 84.0 Å². The predicted molar refractivity (Wildman–Crippen MR) is 107 cm³/mol. The number of para-hydroxylation sites is 1. The Balaban J connectivity index is 1.71. The van der Waals surface area contributed by atoms with Crippen LogP contribution in [0, 0.1) is 0 Å². The zero-order valence-electron chi connectivity index (χ0n) is 15.3.